The first-order chi connectivity index (χ1) is 11.0. The highest BCUT2D eigenvalue weighted by molar-refractivity contribution is 5.97. The molecule has 3 N–H and O–H groups in total. The molecule has 0 spiro atoms. The lowest BCUT2D eigenvalue weighted by atomic mass is 9.82. The first-order valence-corrected chi connectivity index (χ1v) is 7.90. The second kappa shape index (κ2) is 7.55. The molecule has 6 nitrogen and oxygen atoms in total. The van der Waals surface area contributed by atoms with E-state index in [1.54, 1.807) is 12.1 Å². The Morgan fingerprint density at radius 3 is 2.17 bits per heavy atom. The summed E-state index contributed by atoms with van der Waals surface area (Å²) >= 11 is 0. The van der Waals surface area contributed by atoms with Gasteiger partial charge in [0.05, 0.1) is 26.9 Å². The van der Waals surface area contributed by atoms with Crippen molar-refractivity contribution in [3.63, 3.8) is 0 Å². The molecule has 1 amide bonds. The molecule has 0 saturated heterocycles. The van der Waals surface area contributed by atoms with Crippen LogP contribution in [0.25, 0.3) is 0 Å². The van der Waals surface area contributed by atoms with Crippen LogP contribution in [0.5, 0.6) is 17.2 Å². The highest BCUT2D eigenvalue weighted by Crippen LogP contribution is 2.34. The molecular weight excluding hydrogens is 296 g/mol. The van der Waals surface area contributed by atoms with Crippen LogP contribution in [0.3, 0.4) is 0 Å². The van der Waals surface area contributed by atoms with Gasteiger partial charge in [-0.25, -0.2) is 0 Å². The number of hydrogen-bond acceptors (Lipinski definition) is 5. The molecule has 23 heavy (non-hydrogen) atoms. The lowest BCUT2D eigenvalue weighted by Gasteiger charge is -2.33. The molecule has 0 aliphatic heterocycles. The minimum Gasteiger partial charge on any atom is -0.496 e. The molecule has 0 unspecified atom stereocenters. The molecule has 0 atom stereocenters. The van der Waals surface area contributed by atoms with Gasteiger partial charge in [-0.05, 0) is 12.8 Å². The second-order valence-electron chi connectivity index (χ2n) is 6.01. The molecule has 1 fully saturated rings. The monoisotopic (exact) mass is 322 g/mol. The van der Waals surface area contributed by atoms with Crippen LogP contribution < -0.4 is 25.3 Å². The number of nitrogens with one attached hydrogen (secondary N) is 1. The maximum Gasteiger partial charge on any atom is 0.255 e. The van der Waals surface area contributed by atoms with Gasteiger partial charge >= 0.3 is 0 Å². The van der Waals surface area contributed by atoms with E-state index in [9.17, 15) is 4.79 Å². The molecule has 1 aliphatic carbocycles. The van der Waals surface area contributed by atoms with Crippen molar-refractivity contribution in [2.75, 3.05) is 27.9 Å². The maximum atomic E-state index is 12.5. The van der Waals surface area contributed by atoms with Crippen LogP contribution in [0.4, 0.5) is 0 Å². The molecule has 0 bridgehead atoms. The number of rotatable bonds is 6. The fourth-order valence-electron chi connectivity index (χ4n) is 2.99. The van der Waals surface area contributed by atoms with E-state index >= 15 is 0 Å². The highest BCUT2D eigenvalue weighted by atomic mass is 16.5. The normalized spacial score (nSPS) is 16.5. The number of hydrogen-bond donors (Lipinski definition) is 2. The minimum absolute atomic E-state index is 0.224. The molecule has 1 aliphatic rings. The number of nitrogens with two attached hydrogens (primary N) is 1. The summed E-state index contributed by atoms with van der Waals surface area (Å²) in [4.78, 5) is 12.5. The summed E-state index contributed by atoms with van der Waals surface area (Å²) in [7, 11) is 4.59. The Labute approximate surface area is 137 Å². The van der Waals surface area contributed by atoms with E-state index in [0.717, 1.165) is 25.7 Å². The summed E-state index contributed by atoms with van der Waals surface area (Å²) in [5.74, 6) is 1.22. The van der Waals surface area contributed by atoms with Crippen LogP contribution in [-0.2, 0) is 0 Å². The fourth-order valence-corrected chi connectivity index (χ4v) is 2.99. The van der Waals surface area contributed by atoms with E-state index < -0.39 is 0 Å². The van der Waals surface area contributed by atoms with Gasteiger partial charge in [0, 0.05) is 24.2 Å². The molecule has 2 rings (SSSR count). The number of ether oxygens (including phenoxy) is 3. The lowest BCUT2D eigenvalue weighted by Crippen LogP contribution is -2.51. The molecule has 1 aromatic rings. The smallest absolute Gasteiger partial charge is 0.255 e. The Kier molecular flexibility index (Phi) is 5.71. The van der Waals surface area contributed by atoms with Gasteiger partial charge in [-0.2, -0.15) is 0 Å². The summed E-state index contributed by atoms with van der Waals surface area (Å²) in [6.07, 6.45) is 5.33. The van der Waals surface area contributed by atoms with E-state index in [-0.39, 0.29) is 11.4 Å². The summed E-state index contributed by atoms with van der Waals surface area (Å²) in [6.45, 7) is 0.462. The van der Waals surface area contributed by atoms with E-state index in [0.29, 0.717) is 29.4 Å². The number of amides is 1. The van der Waals surface area contributed by atoms with Crippen molar-refractivity contribution in [1.82, 2.24) is 5.32 Å². The summed E-state index contributed by atoms with van der Waals surface area (Å²) < 4.78 is 15.8. The Balaban J connectivity index is 2.14. The average Bonchev–Trinajstić information content (AvgIpc) is 2.59. The molecule has 1 saturated carbocycles. The van der Waals surface area contributed by atoms with Gasteiger partial charge in [-0.1, -0.05) is 19.3 Å². The Morgan fingerprint density at radius 1 is 1.04 bits per heavy atom. The summed E-state index contributed by atoms with van der Waals surface area (Å²) in [5, 5.41) is 2.93. The SMILES string of the molecule is COc1cc(OC)c(C(=O)NCC2(N)CCCCC2)cc1OC. The van der Waals surface area contributed by atoms with Gasteiger partial charge in [-0.15, -0.1) is 0 Å². The first kappa shape index (κ1) is 17.4. The Hall–Kier alpha value is -1.95. The zero-order valence-electron chi connectivity index (χ0n) is 14.1. The van der Waals surface area contributed by atoms with Crippen LogP contribution in [0.1, 0.15) is 42.5 Å². The van der Waals surface area contributed by atoms with Crippen molar-refractivity contribution in [3.8, 4) is 17.2 Å². The van der Waals surface area contributed by atoms with E-state index in [1.807, 2.05) is 0 Å². The fraction of sp³-hybridized carbons (Fsp3) is 0.588. The van der Waals surface area contributed by atoms with E-state index in [2.05, 4.69) is 5.32 Å². The second-order valence-corrected chi connectivity index (χ2v) is 6.01. The third-order valence-corrected chi connectivity index (χ3v) is 4.40. The average molecular weight is 322 g/mol. The molecular formula is C17H26N2O4. The number of benzene rings is 1. The number of carbonyl (C=O) groups excluding carboxylic acids is 1. The minimum atomic E-state index is -0.308. The van der Waals surface area contributed by atoms with Crippen molar-refractivity contribution in [2.45, 2.75) is 37.6 Å². The van der Waals surface area contributed by atoms with Gasteiger partial charge in [0.25, 0.3) is 5.91 Å². The lowest BCUT2D eigenvalue weighted by molar-refractivity contribution is 0.0934. The van der Waals surface area contributed by atoms with Crippen molar-refractivity contribution in [1.29, 1.82) is 0 Å². The van der Waals surface area contributed by atoms with Crippen LogP contribution in [0.2, 0.25) is 0 Å². The van der Waals surface area contributed by atoms with Crippen molar-refractivity contribution < 1.29 is 19.0 Å². The van der Waals surface area contributed by atoms with E-state index in [4.69, 9.17) is 19.9 Å². The molecule has 6 heteroatoms. The summed E-state index contributed by atoms with van der Waals surface area (Å²) in [5.41, 5.74) is 6.47. The third kappa shape index (κ3) is 4.07. The number of methoxy groups -OCH3 is 3. The molecule has 0 heterocycles. The maximum absolute atomic E-state index is 12.5. The number of carbonyl (C=O) groups is 1. The Bertz CT molecular complexity index is 554. The standard InChI is InChI=1S/C17H26N2O4/c1-21-13-10-15(23-3)14(22-2)9-12(13)16(20)19-11-17(18)7-5-4-6-8-17/h9-10H,4-8,11,18H2,1-3H3,(H,19,20). The Morgan fingerprint density at radius 2 is 1.61 bits per heavy atom. The first-order valence-electron chi connectivity index (χ1n) is 7.90. The van der Waals surface area contributed by atoms with E-state index in [1.165, 1.54) is 27.8 Å². The van der Waals surface area contributed by atoms with Crippen LogP contribution in [0.15, 0.2) is 12.1 Å². The third-order valence-electron chi connectivity index (χ3n) is 4.40. The van der Waals surface area contributed by atoms with Gasteiger partial charge in [0.15, 0.2) is 11.5 Å². The van der Waals surface area contributed by atoms with Gasteiger partial charge in [0.2, 0.25) is 0 Å². The largest absolute Gasteiger partial charge is 0.496 e. The molecule has 0 radical (unpaired) electrons. The molecule has 128 valence electrons. The topological polar surface area (TPSA) is 82.8 Å². The predicted octanol–water partition coefficient (Wildman–Crippen LogP) is 2.10. The van der Waals surface area contributed by atoms with Gasteiger partial charge in [-0.3, -0.25) is 4.79 Å². The quantitative estimate of drug-likeness (QED) is 0.838. The highest BCUT2D eigenvalue weighted by Gasteiger charge is 2.28. The van der Waals surface area contributed by atoms with Crippen molar-refractivity contribution in [2.24, 2.45) is 5.73 Å². The van der Waals surface area contributed by atoms with Gasteiger partial charge in [0.1, 0.15) is 5.75 Å². The van der Waals surface area contributed by atoms with Crippen molar-refractivity contribution in [3.05, 3.63) is 17.7 Å². The van der Waals surface area contributed by atoms with Crippen LogP contribution in [-0.4, -0.2) is 39.3 Å². The summed E-state index contributed by atoms with van der Waals surface area (Å²) in [6, 6.07) is 3.27. The zero-order chi connectivity index (χ0) is 16.9. The van der Waals surface area contributed by atoms with Gasteiger partial charge < -0.3 is 25.3 Å². The molecule has 0 aromatic heterocycles. The van der Waals surface area contributed by atoms with Crippen LogP contribution >= 0.6 is 0 Å². The molecule has 1 aromatic carbocycles. The zero-order valence-corrected chi connectivity index (χ0v) is 14.1. The van der Waals surface area contributed by atoms with Crippen molar-refractivity contribution >= 4 is 5.91 Å². The van der Waals surface area contributed by atoms with Crippen LogP contribution in [0, 0.1) is 0 Å². The predicted molar refractivity (Wildman–Crippen MR) is 88.4 cm³/mol.